The SMILES string of the molecule is CC(N)C1CCCN(C2c3ccccc3OCC2C)C1. The minimum Gasteiger partial charge on any atom is -0.493 e. The number of para-hydroxylation sites is 1. The van der Waals surface area contributed by atoms with E-state index >= 15 is 0 Å². The van der Waals surface area contributed by atoms with Crippen molar-refractivity contribution in [3.63, 3.8) is 0 Å². The number of likely N-dealkylation sites (tertiary alicyclic amines) is 1. The van der Waals surface area contributed by atoms with Crippen LogP contribution < -0.4 is 10.5 Å². The summed E-state index contributed by atoms with van der Waals surface area (Å²) in [5, 5.41) is 0. The number of fused-ring (bicyclic) bond motifs is 1. The van der Waals surface area contributed by atoms with Gasteiger partial charge in [-0.3, -0.25) is 4.90 Å². The summed E-state index contributed by atoms with van der Waals surface area (Å²) < 4.78 is 5.88. The highest BCUT2D eigenvalue weighted by atomic mass is 16.5. The van der Waals surface area contributed by atoms with Crippen LogP contribution in [0.25, 0.3) is 0 Å². The van der Waals surface area contributed by atoms with Crippen LogP contribution in [0.1, 0.15) is 38.3 Å². The van der Waals surface area contributed by atoms with Gasteiger partial charge in [-0.15, -0.1) is 0 Å². The molecule has 0 radical (unpaired) electrons. The maximum atomic E-state index is 6.14. The average Bonchev–Trinajstić information content (AvgIpc) is 2.47. The first-order chi connectivity index (χ1) is 9.66. The zero-order valence-electron chi connectivity index (χ0n) is 12.6. The Kier molecular flexibility index (Phi) is 3.99. The highest BCUT2D eigenvalue weighted by Gasteiger charge is 2.35. The lowest BCUT2D eigenvalue weighted by molar-refractivity contribution is 0.0509. The Balaban J connectivity index is 1.85. The van der Waals surface area contributed by atoms with Gasteiger partial charge in [0.1, 0.15) is 5.75 Å². The van der Waals surface area contributed by atoms with Gasteiger partial charge in [0, 0.05) is 30.1 Å². The number of piperidine rings is 1. The Morgan fingerprint density at radius 2 is 2.15 bits per heavy atom. The van der Waals surface area contributed by atoms with Crippen molar-refractivity contribution in [2.45, 2.75) is 38.8 Å². The van der Waals surface area contributed by atoms with Gasteiger partial charge in [-0.25, -0.2) is 0 Å². The second-order valence-corrected chi connectivity index (χ2v) is 6.53. The summed E-state index contributed by atoms with van der Waals surface area (Å²) >= 11 is 0. The summed E-state index contributed by atoms with van der Waals surface area (Å²) in [6, 6.07) is 9.30. The van der Waals surface area contributed by atoms with E-state index in [0.29, 0.717) is 23.9 Å². The second kappa shape index (κ2) is 5.74. The molecule has 0 bridgehead atoms. The van der Waals surface area contributed by atoms with Crippen LogP contribution in [-0.2, 0) is 0 Å². The highest BCUT2D eigenvalue weighted by molar-refractivity contribution is 5.38. The Morgan fingerprint density at radius 1 is 1.35 bits per heavy atom. The van der Waals surface area contributed by atoms with Crippen LogP contribution >= 0.6 is 0 Å². The maximum absolute atomic E-state index is 6.14. The first-order valence-corrected chi connectivity index (χ1v) is 7.88. The minimum atomic E-state index is 0.295. The van der Waals surface area contributed by atoms with Crippen molar-refractivity contribution < 1.29 is 4.74 Å². The zero-order valence-corrected chi connectivity index (χ0v) is 12.6. The van der Waals surface area contributed by atoms with E-state index in [2.05, 4.69) is 43.0 Å². The van der Waals surface area contributed by atoms with Crippen molar-refractivity contribution in [2.75, 3.05) is 19.7 Å². The lowest BCUT2D eigenvalue weighted by atomic mass is 9.85. The molecule has 110 valence electrons. The van der Waals surface area contributed by atoms with E-state index in [0.717, 1.165) is 18.9 Å². The molecule has 3 nitrogen and oxygen atoms in total. The van der Waals surface area contributed by atoms with Crippen LogP contribution in [0.4, 0.5) is 0 Å². The van der Waals surface area contributed by atoms with Crippen molar-refractivity contribution in [3.05, 3.63) is 29.8 Å². The summed E-state index contributed by atoms with van der Waals surface area (Å²) in [5.41, 5.74) is 7.49. The Hall–Kier alpha value is -1.06. The van der Waals surface area contributed by atoms with Crippen LogP contribution in [0.2, 0.25) is 0 Å². The number of hydrogen-bond donors (Lipinski definition) is 1. The van der Waals surface area contributed by atoms with Crippen LogP contribution in [0.3, 0.4) is 0 Å². The van der Waals surface area contributed by atoms with Crippen LogP contribution in [0, 0.1) is 11.8 Å². The fourth-order valence-corrected chi connectivity index (χ4v) is 3.75. The fourth-order valence-electron chi connectivity index (χ4n) is 3.75. The smallest absolute Gasteiger partial charge is 0.124 e. The first-order valence-electron chi connectivity index (χ1n) is 7.88. The molecule has 20 heavy (non-hydrogen) atoms. The van der Waals surface area contributed by atoms with E-state index in [-0.39, 0.29) is 0 Å². The molecule has 4 unspecified atom stereocenters. The topological polar surface area (TPSA) is 38.5 Å². The normalized spacial score (nSPS) is 32.2. The molecule has 0 spiro atoms. The molecule has 1 aromatic carbocycles. The van der Waals surface area contributed by atoms with Crippen LogP contribution in [0.5, 0.6) is 5.75 Å². The first kappa shape index (κ1) is 13.9. The van der Waals surface area contributed by atoms with E-state index in [9.17, 15) is 0 Å². The predicted octanol–water partition coefficient (Wildman–Crippen LogP) is 2.82. The molecule has 1 saturated heterocycles. The van der Waals surface area contributed by atoms with Crippen molar-refractivity contribution in [1.29, 1.82) is 0 Å². The minimum absolute atomic E-state index is 0.295. The Morgan fingerprint density at radius 3 is 2.95 bits per heavy atom. The second-order valence-electron chi connectivity index (χ2n) is 6.53. The standard InChI is InChI=1S/C17H26N2O/c1-12-11-20-16-8-4-3-7-15(16)17(12)19-9-5-6-14(10-19)13(2)18/h3-4,7-8,12-14,17H,5-6,9-11,18H2,1-2H3. The number of nitrogens with zero attached hydrogens (tertiary/aromatic N) is 1. The molecular formula is C17H26N2O. The van der Waals surface area contributed by atoms with Crippen LogP contribution in [-0.4, -0.2) is 30.6 Å². The van der Waals surface area contributed by atoms with E-state index < -0.39 is 0 Å². The number of ether oxygens (including phenoxy) is 1. The lowest BCUT2D eigenvalue weighted by Gasteiger charge is -2.44. The van der Waals surface area contributed by atoms with Crippen LogP contribution in [0.15, 0.2) is 24.3 Å². The summed E-state index contributed by atoms with van der Waals surface area (Å²) in [6.07, 6.45) is 2.53. The molecule has 3 rings (SSSR count). The number of hydrogen-bond acceptors (Lipinski definition) is 3. The van der Waals surface area contributed by atoms with Crippen molar-refractivity contribution in [2.24, 2.45) is 17.6 Å². The molecule has 3 heteroatoms. The third-order valence-corrected chi connectivity index (χ3v) is 4.90. The predicted molar refractivity (Wildman–Crippen MR) is 81.8 cm³/mol. The highest BCUT2D eigenvalue weighted by Crippen LogP contribution is 2.40. The average molecular weight is 274 g/mol. The van der Waals surface area contributed by atoms with Gasteiger partial charge in [0.05, 0.1) is 6.61 Å². The molecule has 1 aromatic rings. The zero-order chi connectivity index (χ0) is 14.1. The van der Waals surface area contributed by atoms with Gasteiger partial charge in [-0.1, -0.05) is 25.1 Å². The maximum Gasteiger partial charge on any atom is 0.124 e. The number of nitrogens with two attached hydrogens (primary N) is 1. The van der Waals surface area contributed by atoms with Crippen molar-refractivity contribution >= 4 is 0 Å². The summed E-state index contributed by atoms with van der Waals surface area (Å²) in [6.45, 7) is 7.58. The Bertz CT molecular complexity index is 460. The molecule has 0 aromatic heterocycles. The fraction of sp³-hybridized carbons (Fsp3) is 0.647. The summed E-state index contributed by atoms with van der Waals surface area (Å²) in [7, 11) is 0. The van der Waals surface area contributed by atoms with Gasteiger partial charge in [-0.2, -0.15) is 0 Å². The van der Waals surface area contributed by atoms with E-state index in [4.69, 9.17) is 10.5 Å². The molecule has 0 saturated carbocycles. The molecule has 0 aliphatic carbocycles. The summed E-state index contributed by atoms with van der Waals surface area (Å²) in [5.74, 6) is 2.24. The molecule has 2 aliphatic rings. The van der Waals surface area contributed by atoms with Crippen molar-refractivity contribution in [1.82, 2.24) is 4.90 Å². The Labute approximate surface area is 122 Å². The monoisotopic (exact) mass is 274 g/mol. The molecule has 2 N–H and O–H groups in total. The molecule has 0 amide bonds. The molecule has 4 atom stereocenters. The molecule has 2 aliphatic heterocycles. The van der Waals surface area contributed by atoms with Gasteiger partial charge in [-0.05, 0) is 38.3 Å². The molecule has 2 heterocycles. The number of rotatable bonds is 2. The lowest BCUT2D eigenvalue weighted by Crippen LogP contribution is -2.46. The van der Waals surface area contributed by atoms with Crippen molar-refractivity contribution in [3.8, 4) is 5.75 Å². The van der Waals surface area contributed by atoms with E-state index in [1.807, 2.05) is 0 Å². The quantitative estimate of drug-likeness (QED) is 0.901. The van der Waals surface area contributed by atoms with E-state index in [1.54, 1.807) is 0 Å². The van der Waals surface area contributed by atoms with Gasteiger partial charge in [0.15, 0.2) is 0 Å². The summed E-state index contributed by atoms with van der Waals surface area (Å²) in [4.78, 5) is 2.64. The van der Waals surface area contributed by atoms with Gasteiger partial charge in [0.2, 0.25) is 0 Å². The third kappa shape index (κ3) is 2.57. The van der Waals surface area contributed by atoms with E-state index in [1.165, 1.54) is 24.9 Å². The van der Waals surface area contributed by atoms with Gasteiger partial charge >= 0.3 is 0 Å². The largest absolute Gasteiger partial charge is 0.493 e. The molecular weight excluding hydrogens is 248 g/mol. The molecule has 1 fully saturated rings. The number of benzene rings is 1. The van der Waals surface area contributed by atoms with Gasteiger partial charge in [0.25, 0.3) is 0 Å². The van der Waals surface area contributed by atoms with Gasteiger partial charge < -0.3 is 10.5 Å². The third-order valence-electron chi connectivity index (χ3n) is 4.90.